The Morgan fingerprint density at radius 1 is 0.955 bits per heavy atom. The number of hydrogen-bond donors (Lipinski definition) is 0. The van der Waals surface area contributed by atoms with Crippen LogP contribution in [0.5, 0.6) is 11.5 Å². The summed E-state index contributed by atoms with van der Waals surface area (Å²) in [6, 6.07) is 12.5. The van der Waals surface area contributed by atoms with Crippen molar-refractivity contribution in [3.63, 3.8) is 0 Å². The van der Waals surface area contributed by atoms with Crippen LogP contribution in [-0.2, 0) is 6.61 Å². The van der Waals surface area contributed by atoms with Gasteiger partial charge >= 0.3 is 6.36 Å². The van der Waals surface area contributed by atoms with Crippen LogP contribution in [0.4, 0.5) is 13.2 Å². The number of para-hydroxylation sites is 1. The smallest absolute Gasteiger partial charge is 0.487 e. The quantitative estimate of drug-likeness (QED) is 0.720. The van der Waals surface area contributed by atoms with E-state index in [0.717, 1.165) is 5.39 Å². The SMILES string of the molecule is FC(F)(F)Oc1ccc(OCc2noc3ccccc23)cc1. The first-order valence-corrected chi connectivity index (χ1v) is 6.33. The highest BCUT2D eigenvalue weighted by atomic mass is 19.4. The van der Waals surface area contributed by atoms with E-state index in [-0.39, 0.29) is 12.4 Å². The fourth-order valence-electron chi connectivity index (χ4n) is 1.93. The van der Waals surface area contributed by atoms with Crippen LogP contribution in [0.1, 0.15) is 5.69 Å². The van der Waals surface area contributed by atoms with Crippen molar-refractivity contribution < 1.29 is 27.2 Å². The highest BCUT2D eigenvalue weighted by Crippen LogP contribution is 2.25. The lowest BCUT2D eigenvalue weighted by Gasteiger charge is -2.09. The second kappa shape index (κ2) is 5.59. The van der Waals surface area contributed by atoms with E-state index in [4.69, 9.17) is 9.26 Å². The summed E-state index contributed by atoms with van der Waals surface area (Å²) in [6.07, 6.45) is -4.71. The molecule has 1 heterocycles. The van der Waals surface area contributed by atoms with E-state index < -0.39 is 6.36 Å². The van der Waals surface area contributed by atoms with Gasteiger partial charge in [0.25, 0.3) is 0 Å². The maximum absolute atomic E-state index is 12.1. The van der Waals surface area contributed by atoms with Gasteiger partial charge < -0.3 is 14.0 Å². The fraction of sp³-hybridized carbons (Fsp3) is 0.133. The molecule has 0 saturated heterocycles. The normalized spacial score (nSPS) is 11.6. The van der Waals surface area contributed by atoms with Gasteiger partial charge in [-0.15, -0.1) is 13.2 Å². The summed E-state index contributed by atoms with van der Waals surface area (Å²) in [6.45, 7) is 0.149. The Bertz CT molecular complexity index is 766. The highest BCUT2D eigenvalue weighted by molar-refractivity contribution is 5.79. The number of hydrogen-bond acceptors (Lipinski definition) is 4. The van der Waals surface area contributed by atoms with Crippen molar-refractivity contribution in [1.82, 2.24) is 5.16 Å². The minimum absolute atomic E-state index is 0.149. The van der Waals surface area contributed by atoms with Gasteiger partial charge in [-0.2, -0.15) is 0 Å². The Morgan fingerprint density at radius 3 is 2.36 bits per heavy atom. The van der Waals surface area contributed by atoms with Gasteiger partial charge in [0.15, 0.2) is 5.58 Å². The summed E-state index contributed by atoms with van der Waals surface area (Å²) in [5, 5.41) is 4.74. The molecule has 0 aliphatic heterocycles. The van der Waals surface area contributed by atoms with Gasteiger partial charge in [0.05, 0.1) is 0 Å². The summed E-state index contributed by atoms with van der Waals surface area (Å²) in [7, 11) is 0. The molecule has 114 valence electrons. The highest BCUT2D eigenvalue weighted by Gasteiger charge is 2.30. The zero-order chi connectivity index (χ0) is 15.6. The van der Waals surface area contributed by atoms with Crippen LogP contribution < -0.4 is 9.47 Å². The van der Waals surface area contributed by atoms with Gasteiger partial charge in [-0.05, 0) is 36.4 Å². The van der Waals surface area contributed by atoms with E-state index in [0.29, 0.717) is 17.0 Å². The third-order valence-electron chi connectivity index (χ3n) is 2.89. The summed E-state index contributed by atoms with van der Waals surface area (Å²) in [5.74, 6) is 0.105. The Hall–Kier alpha value is -2.70. The molecule has 0 saturated carbocycles. The molecule has 0 amide bonds. The topological polar surface area (TPSA) is 44.5 Å². The molecule has 1 aromatic heterocycles. The van der Waals surface area contributed by atoms with Crippen molar-refractivity contribution in [2.75, 3.05) is 0 Å². The van der Waals surface area contributed by atoms with E-state index in [1.54, 1.807) is 6.07 Å². The lowest BCUT2D eigenvalue weighted by atomic mass is 10.2. The van der Waals surface area contributed by atoms with Gasteiger partial charge in [-0.25, -0.2) is 0 Å². The number of fused-ring (bicyclic) bond motifs is 1. The Balaban J connectivity index is 1.66. The van der Waals surface area contributed by atoms with Gasteiger partial charge in [0.1, 0.15) is 23.8 Å². The number of alkyl halides is 3. The zero-order valence-electron chi connectivity index (χ0n) is 11.1. The van der Waals surface area contributed by atoms with Crippen molar-refractivity contribution in [3.8, 4) is 11.5 Å². The molecular formula is C15H10F3NO3. The molecule has 0 fully saturated rings. The summed E-state index contributed by atoms with van der Waals surface area (Å²) in [4.78, 5) is 0. The Morgan fingerprint density at radius 2 is 1.64 bits per heavy atom. The van der Waals surface area contributed by atoms with Gasteiger partial charge in [-0.1, -0.05) is 17.3 Å². The monoisotopic (exact) mass is 309 g/mol. The van der Waals surface area contributed by atoms with Crippen molar-refractivity contribution >= 4 is 11.0 Å². The first-order valence-electron chi connectivity index (χ1n) is 6.33. The molecule has 3 rings (SSSR count). The molecule has 0 N–H and O–H groups in total. The molecule has 7 heteroatoms. The van der Waals surface area contributed by atoms with Crippen LogP contribution in [0.25, 0.3) is 11.0 Å². The van der Waals surface area contributed by atoms with Crippen molar-refractivity contribution in [1.29, 1.82) is 0 Å². The maximum atomic E-state index is 12.1. The standard InChI is InChI=1S/C15H10F3NO3/c16-15(17,18)21-11-7-5-10(6-8-11)20-9-13-12-3-1-2-4-14(12)22-19-13/h1-8H,9H2. The summed E-state index contributed by atoms with van der Waals surface area (Å²) in [5.41, 5.74) is 1.27. The van der Waals surface area contributed by atoms with Gasteiger partial charge in [0, 0.05) is 5.39 Å². The average Bonchev–Trinajstić information content (AvgIpc) is 2.88. The Labute approximate surface area is 123 Å². The molecule has 0 aliphatic rings. The first-order chi connectivity index (χ1) is 10.5. The molecule has 2 aromatic carbocycles. The van der Waals surface area contributed by atoms with Crippen LogP contribution in [0, 0.1) is 0 Å². The molecule has 0 aliphatic carbocycles. The number of benzene rings is 2. The second-order valence-electron chi connectivity index (χ2n) is 4.43. The number of nitrogens with zero attached hydrogens (tertiary/aromatic N) is 1. The molecule has 0 bridgehead atoms. The fourth-order valence-corrected chi connectivity index (χ4v) is 1.93. The van der Waals surface area contributed by atoms with Crippen LogP contribution in [-0.4, -0.2) is 11.5 Å². The summed E-state index contributed by atoms with van der Waals surface area (Å²) >= 11 is 0. The minimum atomic E-state index is -4.71. The van der Waals surface area contributed by atoms with Crippen LogP contribution >= 0.6 is 0 Å². The number of aromatic nitrogens is 1. The number of rotatable bonds is 4. The first kappa shape index (κ1) is 14.2. The maximum Gasteiger partial charge on any atom is 0.573 e. The van der Waals surface area contributed by atoms with E-state index in [1.165, 1.54) is 24.3 Å². The largest absolute Gasteiger partial charge is 0.573 e. The number of ether oxygens (including phenoxy) is 2. The predicted octanol–water partition coefficient (Wildman–Crippen LogP) is 4.31. The van der Waals surface area contributed by atoms with Crippen molar-refractivity contribution in [2.45, 2.75) is 13.0 Å². The van der Waals surface area contributed by atoms with Gasteiger partial charge in [0.2, 0.25) is 0 Å². The van der Waals surface area contributed by atoms with Gasteiger partial charge in [-0.3, -0.25) is 0 Å². The molecule has 3 aromatic rings. The second-order valence-corrected chi connectivity index (χ2v) is 4.43. The lowest BCUT2D eigenvalue weighted by Crippen LogP contribution is -2.16. The molecule has 0 radical (unpaired) electrons. The summed E-state index contributed by atoms with van der Waals surface area (Å²) < 4.78 is 50.6. The molecule has 22 heavy (non-hydrogen) atoms. The zero-order valence-corrected chi connectivity index (χ0v) is 11.1. The molecular weight excluding hydrogens is 299 g/mol. The average molecular weight is 309 g/mol. The van der Waals surface area contributed by atoms with Crippen LogP contribution in [0.15, 0.2) is 53.1 Å². The molecule has 0 atom stereocenters. The van der Waals surface area contributed by atoms with E-state index in [2.05, 4.69) is 9.89 Å². The van der Waals surface area contributed by atoms with Crippen molar-refractivity contribution in [3.05, 3.63) is 54.2 Å². The molecule has 4 nitrogen and oxygen atoms in total. The molecule has 0 unspecified atom stereocenters. The number of halogens is 3. The third-order valence-corrected chi connectivity index (χ3v) is 2.89. The van der Waals surface area contributed by atoms with Crippen LogP contribution in [0.3, 0.4) is 0 Å². The Kier molecular flexibility index (Phi) is 3.62. The third kappa shape index (κ3) is 3.30. The van der Waals surface area contributed by atoms with Crippen molar-refractivity contribution in [2.24, 2.45) is 0 Å². The van der Waals surface area contributed by atoms with E-state index >= 15 is 0 Å². The van der Waals surface area contributed by atoms with E-state index in [1.807, 2.05) is 18.2 Å². The minimum Gasteiger partial charge on any atom is -0.487 e. The van der Waals surface area contributed by atoms with E-state index in [9.17, 15) is 13.2 Å². The predicted molar refractivity (Wildman–Crippen MR) is 71.5 cm³/mol. The van der Waals surface area contributed by atoms with Crippen LogP contribution in [0.2, 0.25) is 0 Å². The lowest BCUT2D eigenvalue weighted by molar-refractivity contribution is -0.274. The molecule has 0 spiro atoms.